The van der Waals surface area contributed by atoms with Crippen molar-refractivity contribution in [3.05, 3.63) is 66.3 Å². The minimum Gasteiger partial charge on any atom is -0.339 e. The van der Waals surface area contributed by atoms with Gasteiger partial charge in [-0.3, -0.25) is 4.98 Å². The van der Waals surface area contributed by atoms with E-state index in [-0.39, 0.29) is 17.9 Å². The molecule has 29 heavy (non-hydrogen) atoms. The minimum absolute atomic E-state index is 0.0502. The summed E-state index contributed by atoms with van der Waals surface area (Å²) in [6, 6.07) is 13.8. The topological polar surface area (TPSA) is 75.4 Å². The number of pyridine rings is 1. The molecule has 2 aromatic heterocycles. The number of aromatic nitrogens is 3. The van der Waals surface area contributed by atoms with Crippen molar-refractivity contribution in [2.45, 2.75) is 25.7 Å². The van der Waals surface area contributed by atoms with E-state index in [4.69, 9.17) is 4.52 Å². The Hall–Kier alpha value is -3.22. The molecule has 150 valence electrons. The van der Waals surface area contributed by atoms with Crippen molar-refractivity contribution in [3.8, 4) is 11.4 Å². The van der Waals surface area contributed by atoms with Gasteiger partial charge >= 0.3 is 6.03 Å². The number of rotatable bonds is 5. The second kappa shape index (κ2) is 8.43. The Bertz CT molecular complexity index is 940. The summed E-state index contributed by atoms with van der Waals surface area (Å²) in [5, 5.41) is 4.18. The van der Waals surface area contributed by atoms with Crippen LogP contribution in [0.2, 0.25) is 0 Å². The average molecular weight is 391 g/mol. The lowest BCUT2D eigenvalue weighted by Gasteiger charge is -2.26. The summed E-state index contributed by atoms with van der Waals surface area (Å²) in [7, 11) is 0. The largest absolute Gasteiger partial charge is 0.339 e. The van der Waals surface area contributed by atoms with Crippen LogP contribution in [-0.2, 0) is 0 Å². The van der Waals surface area contributed by atoms with Crippen LogP contribution in [0.1, 0.15) is 37.1 Å². The second-order valence-electron chi connectivity index (χ2n) is 7.18. The number of hydrogen-bond donors (Lipinski definition) is 0. The van der Waals surface area contributed by atoms with Gasteiger partial charge in [0.15, 0.2) is 0 Å². The van der Waals surface area contributed by atoms with Gasteiger partial charge in [-0.05, 0) is 25.5 Å². The van der Waals surface area contributed by atoms with Crippen molar-refractivity contribution in [1.29, 1.82) is 0 Å². The molecule has 0 spiro atoms. The van der Waals surface area contributed by atoms with Crippen molar-refractivity contribution in [3.63, 3.8) is 0 Å². The Morgan fingerprint density at radius 1 is 1.10 bits per heavy atom. The molecule has 7 nitrogen and oxygen atoms in total. The van der Waals surface area contributed by atoms with Crippen LogP contribution in [0.25, 0.3) is 11.4 Å². The van der Waals surface area contributed by atoms with E-state index >= 15 is 0 Å². The number of likely N-dealkylation sites (tertiary alicyclic amines) is 1. The van der Waals surface area contributed by atoms with E-state index in [1.54, 1.807) is 6.20 Å². The van der Waals surface area contributed by atoms with Crippen LogP contribution >= 0.6 is 0 Å². The summed E-state index contributed by atoms with van der Waals surface area (Å²) >= 11 is 0. The predicted molar refractivity (Wildman–Crippen MR) is 109 cm³/mol. The molecule has 0 N–H and O–H groups in total. The lowest BCUT2D eigenvalue weighted by atomic mass is 9.90. The van der Waals surface area contributed by atoms with Crippen molar-refractivity contribution in [2.75, 3.05) is 26.2 Å². The first-order valence-electron chi connectivity index (χ1n) is 10.0. The molecule has 0 bridgehead atoms. The molecule has 7 heteroatoms. The van der Waals surface area contributed by atoms with Gasteiger partial charge < -0.3 is 14.3 Å². The molecule has 1 aromatic carbocycles. The normalized spacial score (nSPS) is 18.8. The van der Waals surface area contributed by atoms with Gasteiger partial charge in [0.1, 0.15) is 0 Å². The van der Waals surface area contributed by atoms with E-state index < -0.39 is 0 Å². The Labute approximate surface area is 170 Å². The van der Waals surface area contributed by atoms with E-state index in [0.717, 1.165) is 11.1 Å². The molecule has 0 radical (unpaired) electrons. The highest BCUT2D eigenvalue weighted by atomic mass is 16.5. The summed E-state index contributed by atoms with van der Waals surface area (Å²) in [5.74, 6) is 1.13. The Balaban J connectivity index is 1.64. The Kier molecular flexibility index (Phi) is 5.55. The number of carbonyl (C=O) groups excluding carboxylic acids is 1. The van der Waals surface area contributed by atoms with Gasteiger partial charge in [0.2, 0.25) is 11.7 Å². The van der Waals surface area contributed by atoms with Gasteiger partial charge in [0, 0.05) is 50.1 Å². The van der Waals surface area contributed by atoms with Crippen LogP contribution in [0.15, 0.2) is 59.4 Å². The summed E-state index contributed by atoms with van der Waals surface area (Å²) < 4.78 is 5.66. The second-order valence-corrected chi connectivity index (χ2v) is 7.18. The molecule has 0 aliphatic carbocycles. The minimum atomic E-state index is -0.0660. The zero-order valence-electron chi connectivity index (χ0n) is 16.7. The highest BCUT2D eigenvalue weighted by Crippen LogP contribution is 2.39. The molecule has 2 atom stereocenters. The SMILES string of the molecule is CCN(CC)C(=O)N1CC(c2cccnc2)C(c2nc(-c3ccccc3)no2)C1. The third kappa shape index (κ3) is 3.85. The highest BCUT2D eigenvalue weighted by Gasteiger charge is 2.41. The summed E-state index contributed by atoms with van der Waals surface area (Å²) in [6.07, 6.45) is 3.62. The third-order valence-corrected chi connectivity index (χ3v) is 5.53. The van der Waals surface area contributed by atoms with Gasteiger partial charge in [0.05, 0.1) is 5.92 Å². The van der Waals surface area contributed by atoms with E-state index in [0.29, 0.717) is 37.9 Å². The third-order valence-electron chi connectivity index (χ3n) is 5.53. The molecule has 3 aromatic rings. The standard InChI is InChI=1S/C22H25N5O2/c1-3-26(4-2)22(28)27-14-18(17-11-8-12-23-13-17)19(15-27)21-24-20(25-29-21)16-9-6-5-7-10-16/h5-13,18-19H,3-4,14-15H2,1-2H3. The van der Waals surface area contributed by atoms with Crippen molar-refractivity contribution in [2.24, 2.45) is 0 Å². The van der Waals surface area contributed by atoms with E-state index in [9.17, 15) is 4.79 Å². The van der Waals surface area contributed by atoms with Gasteiger partial charge in [-0.15, -0.1) is 0 Å². The van der Waals surface area contributed by atoms with Crippen LogP contribution in [0.4, 0.5) is 4.79 Å². The molecule has 0 saturated carbocycles. The molecular weight excluding hydrogens is 366 g/mol. The van der Waals surface area contributed by atoms with E-state index in [1.807, 2.05) is 72.3 Å². The zero-order chi connectivity index (χ0) is 20.2. The first-order chi connectivity index (χ1) is 14.2. The van der Waals surface area contributed by atoms with Crippen molar-refractivity contribution in [1.82, 2.24) is 24.9 Å². The quantitative estimate of drug-likeness (QED) is 0.662. The number of hydrogen-bond acceptors (Lipinski definition) is 5. The first kappa shape index (κ1) is 19.1. The zero-order valence-corrected chi connectivity index (χ0v) is 16.7. The molecule has 1 saturated heterocycles. The maximum atomic E-state index is 13.0. The molecular formula is C22H25N5O2. The number of carbonyl (C=O) groups is 1. The first-order valence-corrected chi connectivity index (χ1v) is 10.0. The van der Waals surface area contributed by atoms with Crippen LogP contribution in [0.5, 0.6) is 0 Å². The number of amides is 2. The summed E-state index contributed by atoms with van der Waals surface area (Å²) in [5.41, 5.74) is 1.99. The van der Waals surface area contributed by atoms with Crippen LogP contribution in [0, 0.1) is 0 Å². The summed E-state index contributed by atoms with van der Waals surface area (Å²) in [4.78, 5) is 25.6. The molecule has 4 rings (SSSR count). The average Bonchev–Trinajstić information content (AvgIpc) is 3.43. The molecule has 2 amide bonds. The van der Waals surface area contributed by atoms with Gasteiger partial charge in [-0.25, -0.2) is 4.79 Å². The van der Waals surface area contributed by atoms with Gasteiger partial charge in [0.25, 0.3) is 0 Å². The van der Waals surface area contributed by atoms with E-state index in [2.05, 4.69) is 15.1 Å². The van der Waals surface area contributed by atoms with Gasteiger partial charge in [-0.1, -0.05) is 41.6 Å². The number of urea groups is 1. The van der Waals surface area contributed by atoms with Crippen molar-refractivity contribution < 1.29 is 9.32 Å². The smallest absolute Gasteiger partial charge is 0.320 e. The highest BCUT2D eigenvalue weighted by molar-refractivity contribution is 5.75. The van der Waals surface area contributed by atoms with E-state index in [1.165, 1.54) is 0 Å². The lowest BCUT2D eigenvalue weighted by molar-refractivity contribution is 0.166. The van der Waals surface area contributed by atoms with Crippen molar-refractivity contribution >= 4 is 6.03 Å². The number of nitrogens with zero attached hydrogens (tertiary/aromatic N) is 5. The lowest BCUT2D eigenvalue weighted by Crippen LogP contribution is -2.42. The summed E-state index contributed by atoms with van der Waals surface area (Å²) in [6.45, 7) is 6.52. The van der Waals surface area contributed by atoms with Crippen LogP contribution in [0.3, 0.4) is 0 Å². The van der Waals surface area contributed by atoms with Crippen LogP contribution < -0.4 is 0 Å². The monoisotopic (exact) mass is 391 g/mol. The fraction of sp³-hybridized carbons (Fsp3) is 0.364. The predicted octanol–water partition coefficient (Wildman–Crippen LogP) is 3.78. The number of benzene rings is 1. The maximum absolute atomic E-state index is 13.0. The Morgan fingerprint density at radius 3 is 2.55 bits per heavy atom. The molecule has 1 fully saturated rings. The van der Waals surface area contributed by atoms with Crippen LogP contribution in [-0.4, -0.2) is 57.1 Å². The molecule has 3 heterocycles. The Morgan fingerprint density at radius 2 is 1.86 bits per heavy atom. The van der Waals surface area contributed by atoms with Gasteiger partial charge in [-0.2, -0.15) is 4.98 Å². The molecule has 1 aliphatic heterocycles. The molecule has 2 unspecified atom stereocenters. The molecule has 1 aliphatic rings. The maximum Gasteiger partial charge on any atom is 0.320 e. The fourth-order valence-corrected chi connectivity index (χ4v) is 3.93. The fourth-order valence-electron chi connectivity index (χ4n) is 3.93.